The van der Waals surface area contributed by atoms with E-state index in [1.807, 2.05) is 0 Å². The number of carboxylic acids is 1. The molecular weight excluding hydrogens is 294 g/mol. The van der Waals surface area contributed by atoms with Gasteiger partial charge in [-0.05, 0) is 31.0 Å². The zero-order chi connectivity index (χ0) is 15.6. The number of hydrogen-bond acceptors (Lipinski definition) is 4. The molecule has 116 valence electrons. The molecule has 7 heteroatoms. The maximum atomic E-state index is 12.6. The first-order valence-corrected chi connectivity index (χ1v) is 8.21. The lowest BCUT2D eigenvalue weighted by Gasteiger charge is -2.24. The van der Waals surface area contributed by atoms with Crippen LogP contribution < -0.4 is 4.74 Å². The van der Waals surface area contributed by atoms with E-state index >= 15 is 0 Å². The average Bonchev–Trinajstić information content (AvgIpc) is 2.99. The van der Waals surface area contributed by atoms with Crippen molar-refractivity contribution in [2.45, 2.75) is 36.6 Å². The molecule has 1 N–H and O–H groups in total. The van der Waals surface area contributed by atoms with Gasteiger partial charge in [0, 0.05) is 13.1 Å². The van der Waals surface area contributed by atoms with Crippen molar-refractivity contribution in [1.29, 1.82) is 0 Å². The lowest BCUT2D eigenvalue weighted by Crippen LogP contribution is -2.35. The number of carboxylic acid groups (broad SMARTS) is 1. The minimum Gasteiger partial charge on any atom is -0.496 e. The zero-order valence-electron chi connectivity index (χ0n) is 12.1. The van der Waals surface area contributed by atoms with Gasteiger partial charge in [0.15, 0.2) is 0 Å². The van der Waals surface area contributed by atoms with Gasteiger partial charge in [-0.2, -0.15) is 4.31 Å². The van der Waals surface area contributed by atoms with Gasteiger partial charge in [0.1, 0.15) is 11.3 Å². The number of rotatable bonds is 5. The van der Waals surface area contributed by atoms with Crippen LogP contribution in [0.5, 0.6) is 5.75 Å². The predicted octanol–water partition coefficient (Wildman–Crippen LogP) is 1.96. The molecule has 1 aliphatic carbocycles. The Morgan fingerprint density at radius 3 is 2.48 bits per heavy atom. The second-order valence-corrected chi connectivity index (χ2v) is 7.12. The van der Waals surface area contributed by atoms with Gasteiger partial charge >= 0.3 is 5.97 Å². The molecule has 0 spiro atoms. The van der Waals surface area contributed by atoms with Crippen LogP contribution in [0.4, 0.5) is 0 Å². The molecule has 21 heavy (non-hydrogen) atoms. The molecule has 0 aliphatic heterocycles. The summed E-state index contributed by atoms with van der Waals surface area (Å²) >= 11 is 0. The number of ether oxygens (including phenoxy) is 1. The Hall–Kier alpha value is -1.60. The van der Waals surface area contributed by atoms with Crippen LogP contribution in [0.15, 0.2) is 23.1 Å². The Bertz CT molecular complexity index is 635. The number of aromatic carboxylic acids is 1. The molecule has 1 fully saturated rings. The van der Waals surface area contributed by atoms with Crippen molar-refractivity contribution in [2.24, 2.45) is 0 Å². The van der Waals surface area contributed by atoms with Crippen LogP contribution in [-0.2, 0) is 10.0 Å². The molecule has 0 radical (unpaired) electrons. The van der Waals surface area contributed by atoms with Gasteiger partial charge in [-0.1, -0.05) is 12.8 Å². The number of sulfonamides is 1. The zero-order valence-corrected chi connectivity index (χ0v) is 12.9. The first kappa shape index (κ1) is 15.8. The third-order valence-electron chi connectivity index (χ3n) is 3.92. The molecule has 0 atom stereocenters. The smallest absolute Gasteiger partial charge is 0.339 e. The van der Waals surface area contributed by atoms with Gasteiger partial charge in [-0.15, -0.1) is 0 Å². The topological polar surface area (TPSA) is 83.9 Å². The SMILES string of the molecule is COc1ccc(S(=O)(=O)N(C)C2CCCC2)cc1C(=O)O. The summed E-state index contributed by atoms with van der Waals surface area (Å²) in [5, 5.41) is 9.15. The maximum Gasteiger partial charge on any atom is 0.339 e. The Balaban J connectivity index is 2.40. The number of hydrogen-bond donors (Lipinski definition) is 1. The van der Waals surface area contributed by atoms with E-state index in [0.717, 1.165) is 31.7 Å². The third-order valence-corrected chi connectivity index (χ3v) is 5.82. The summed E-state index contributed by atoms with van der Waals surface area (Å²) in [5.41, 5.74) is -0.154. The van der Waals surface area contributed by atoms with E-state index in [2.05, 4.69) is 0 Å². The molecule has 1 aromatic carbocycles. The highest BCUT2D eigenvalue weighted by Crippen LogP contribution is 2.29. The summed E-state index contributed by atoms with van der Waals surface area (Å²) in [6.07, 6.45) is 3.73. The largest absolute Gasteiger partial charge is 0.496 e. The Morgan fingerprint density at radius 2 is 1.95 bits per heavy atom. The van der Waals surface area contributed by atoms with Crippen LogP contribution in [0, 0.1) is 0 Å². The standard InChI is InChI=1S/C14H19NO5S/c1-15(10-5-3-4-6-10)21(18,19)11-7-8-13(20-2)12(9-11)14(16)17/h7-10H,3-6H2,1-2H3,(H,16,17). The molecule has 1 aliphatic rings. The van der Waals surface area contributed by atoms with Crippen LogP contribution in [0.2, 0.25) is 0 Å². The number of carbonyl (C=O) groups is 1. The predicted molar refractivity (Wildman–Crippen MR) is 77.2 cm³/mol. The van der Waals surface area contributed by atoms with Crippen molar-refractivity contribution in [3.8, 4) is 5.75 Å². The molecule has 2 rings (SSSR count). The third kappa shape index (κ3) is 3.03. The fraction of sp³-hybridized carbons (Fsp3) is 0.500. The Morgan fingerprint density at radius 1 is 1.33 bits per heavy atom. The van der Waals surface area contributed by atoms with Crippen LogP contribution in [0.25, 0.3) is 0 Å². The Labute approximate surface area is 124 Å². The second-order valence-electron chi connectivity index (χ2n) is 5.13. The average molecular weight is 313 g/mol. The lowest BCUT2D eigenvalue weighted by molar-refractivity contribution is 0.0693. The van der Waals surface area contributed by atoms with E-state index in [4.69, 9.17) is 9.84 Å². The summed E-state index contributed by atoms with van der Waals surface area (Å²) in [5.74, 6) is -1.07. The van der Waals surface area contributed by atoms with Gasteiger partial charge in [-0.3, -0.25) is 0 Å². The van der Waals surface area contributed by atoms with Crippen LogP contribution in [0.1, 0.15) is 36.0 Å². The van der Waals surface area contributed by atoms with E-state index < -0.39 is 16.0 Å². The van der Waals surface area contributed by atoms with Crippen molar-refractivity contribution >= 4 is 16.0 Å². The number of nitrogens with zero attached hydrogens (tertiary/aromatic N) is 1. The van der Waals surface area contributed by atoms with Gasteiger partial charge in [0.2, 0.25) is 10.0 Å². The number of benzene rings is 1. The minimum absolute atomic E-state index is 0.00891. The quantitative estimate of drug-likeness (QED) is 0.898. The van der Waals surface area contributed by atoms with Crippen molar-refractivity contribution in [3.05, 3.63) is 23.8 Å². The van der Waals surface area contributed by atoms with Crippen LogP contribution in [0.3, 0.4) is 0 Å². The minimum atomic E-state index is -3.69. The molecule has 1 saturated carbocycles. The van der Waals surface area contributed by atoms with Crippen LogP contribution >= 0.6 is 0 Å². The Kier molecular flexibility index (Phi) is 4.53. The second kappa shape index (κ2) is 6.03. The van der Waals surface area contributed by atoms with Gasteiger partial charge in [0.25, 0.3) is 0 Å². The summed E-state index contributed by atoms with van der Waals surface area (Å²) in [6, 6.07) is 3.90. The van der Waals surface area contributed by atoms with E-state index in [1.54, 1.807) is 7.05 Å². The molecule has 0 amide bonds. The molecule has 0 heterocycles. The van der Waals surface area contributed by atoms with E-state index in [9.17, 15) is 13.2 Å². The fourth-order valence-corrected chi connectivity index (χ4v) is 4.09. The molecule has 1 aromatic rings. The molecule has 0 unspecified atom stereocenters. The number of methoxy groups -OCH3 is 1. The summed E-state index contributed by atoms with van der Waals surface area (Å²) in [4.78, 5) is 11.2. The van der Waals surface area contributed by atoms with Crippen molar-refractivity contribution in [1.82, 2.24) is 4.31 Å². The first-order chi connectivity index (χ1) is 9.87. The molecule has 0 saturated heterocycles. The maximum absolute atomic E-state index is 12.6. The molecule has 0 bridgehead atoms. The highest BCUT2D eigenvalue weighted by atomic mass is 32.2. The van der Waals surface area contributed by atoms with Gasteiger partial charge in [-0.25, -0.2) is 13.2 Å². The van der Waals surface area contributed by atoms with Crippen molar-refractivity contribution in [3.63, 3.8) is 0 Å². The summed E-state index contributed by atoms with van der Waals surface area (Å²) in [6.45, 7) is 0. The van der Waals surface area contributed by atoms with E-state index in [1.165, 1.54) is 23.5 Å². The summed E-state index contributed by atoms with van der Waals surface area (Å²) in [7, 11) is -0.790. The van der Waals surface area contributed by atoms with Crippen molar-refractivity contribution in [2.75, 3.05) is 14.2 Å². The summed E-state index contributed by atoms with van der Waals surface area (Å²) < 4.78 is 31.5. The molecule has 6 nitrogen and oxygen atoms in total. The van der Waals surface area contributed by atoms with E-state index in [0.29, 0.717) is 0 Å². The molecule has 0 aromatic heterocycles. The molecular formula is C14H19NO5S. The fourth-order valence-electron chi connectivity index (χ4n) is 2.65. The highest BCUT2D eigenvalue weighted by molar-refractivity contribution is 7.89. The van der Waals surface area contributed by atoms with Crippen molar-refractivity contribution < 1.29 is 23.1 Å². The normalized spacial score (nSPS) is 16.3. The van der Waals surface area contributed by atoms with Crippen LogP contribution in [-0.4, -0.2) is 44.0 Å². The monoisotopic (exact) mass is 313 g/mol. The van der Waals surface area contributed by atoms with Gasteiger partial charge in [0.05, 0.1) is 12.0 Å². The van der Waals surface area contributed by atoms with E-state index in [-0.39, 0.29) is 22.3 Å². The highest BCUT2D eigenvalue weighted by Gasteiger charge is 2.30. The lowest BCUT2D eigenvalue weighted by atomic mass is 10.2. The van der Waals surface area contributed by atoms with Gasteiger partial charge < -0.3 is 9.84 Å². The first-order valence-electron chi connectivity index (χ1n) is 6.77.